The number of hydrogen-bond acceptors (Lipinski definition) is 8. The molecule has 0 unspecified atom stereocenters. The fourth-order valence-corrected chi connectivity index (χ4v) is 7.90. The Hall–Kier alpha value is -6.62. The normalized spacial score (nSPS) is 15.7. The van der Waals surface area contributed by atoms with Gasteiger partial charge in [-0.1, -0.05) is 42.5 Å². The number of aromatic nitrogens is 3. The maximum absolute atomic E-state index is 14.9. The Kier molecular flexibility index (Phi) is 9.90. The van der Waals surface area contributed by atoms with Crippen molar-refractivity contribution in [3.63, 3.8) is 0 Å². The lowest BCUT2D eigenvalue weighted by Gasteiger charge is -2.40. The van der Waals surface area contributed by atoms with E-state index in [4.69, 9.17) is 4.74 Å². The fraction of sp³-hybridized carbons (Fsp3) is 0.256. The van der Waals surface area contributed by atoms with Crippen LogP contribution in [0.4, 0.5) is 11.4 Å². The molecule has 56 heavy (non-hydrogen) atoms. The predicted molar refractivity (Wildman–Crippen MR) is 211 cm³/mol. The average Bonchev–Trinajstić information content (AvgIpc) is 3.82. The molecular weight excluding hydrogens is 709 g/mol. The number of morpholine rings is 1. The monoisotopic (exact) mass is 748 g/mol. The number of ether oxygens (including phenoxy) is 1. The summed E-state index contributed by atoms with van der Waals surface area (Å²) in [5.41, 5.74) is 6.76. The standard InChI is InChI=1S/C43H40N8O5/c1-28-38(43(53)49(26-32-10-6-4-8-30(32)23-44)34-12-14-40-33(20-34)24-45-46-40)22-41(47(28)2)39-21-35(51(54)55)11-13-37(39)42(52)50-25-31-9-5-3-7-29(31)19-36(50)27-48-15-17-56-18-16-48/h3-14,20-22,24,36H,15-19,25-27H2,1-2H3,(H,45,46)/t36-/m0/s1. The predicted octanol–water partition coefficient (Wildman–Crippen LogP) is 6.40. The zero-order valence-corrected chi connectivity index (χ0v) is 31.1. The number of nitrogens with zero attached hydrogens (tertiary/aromatic N) is 7. The molecule has 0 radical (unpaired) electrons. The summed E-state index contributed by atoms with van der Waals surface area (Å²) in [6, 6.07) is 29.0. The Morgan fingerprint density at radius 1 is 1.00 bits per heavy atom. The van der Waals surface area contributed by atoms with Crippen molar-refractivity contribution in [1.29, 1.82) is 5.26 Å². The van der Waals surface area contributed by atoms with Crippen LogP contribution in [0, 0.1) is 28.4 Å². The second kappa shape index (κ2) is 15.3. The van der Waals surface area contributed by atoms with E-state index in [2.05, 4.69) is 27.2 Å². The van der Waals surface area contributed by atoms with Crippen molar-refractivity contribution in [2.75, 3.05) is 37.7 Å². The Balaban J connectivity index is 1.20. The Bertz CT molecular complexity index is 2530. The van der Waals surface area contributed by atoms with Crippen molar-refractivity contribution in [2.24, 2.45) is 7.05 Å². The molecule has 0 aliphatic carbocycles. The van der Waals surface area contributed by atoms with Crippen LogP contribution in [0.25, 0.3) is 22.2 Å². The molecular formula is C43H40N8O5. The van der Waals surface area contributed by atoms with Gasteiger partial charge in [-0.25, -0.2) is 0 Å². The van der Waals surface area contributed by atoms with E-state index >= 15 is 0 Å². The van der Waals surface area contributed by atoms with Gasteiger partial charge < -0.3 is 19.1 Å². The average molecular weight is 749 g/mol. The number of amides is 2. The van der Waals surface area contributed by atoms with Gasteiger partial charge in [0.2, 0.25) is 0 Å². The molecule has 1 fully saturated rings. The minimum Gasteiger partial charge on any atom is -0.379 e. The molecule has 1 atom stereocenters. The van der Waals surface area contributed by atoms with Crippen molar-refractivity contribution >= 4 is 34.1 Å². The van der Waals surface area contributed by atoms with Crippen LogP contribution < -0.4 is 4.90 Å². The number of fused-ring (bicyclic) bond motifs is 2. The molecule has 13 nitrogen and oxygen atoms in total. The van der Waals surface area contributed by atoms with E-state index < -0.39 is 4.92 Å². The molecule has 0 bridgehead atoms. The van der Waals surface area contributed by atoms with E-state index in [1.165, 1.54) is 23.8 Å². The lowest BCUT2D eigenvalue weighted by Crippen LogP contribution is -2.52. The van der Waals surface area contributed by atoms with Gasteiger partial charge in [0, 0.05) is 85.0 Å². The SMILES string of the molecule is Cc1c(C(=O)N(Cc2ccccc2C#N)c2ccc3[nH]ncc3c2)cc(-c2cc([N+](=O)[O-])ccc2C(=O)N2Cc3ccccc3C[C@H]2CN2CCOCC2)n1C. The van der Waals surface area contributed by atoms with E-state index in [9.17, 15) is 25.0 Å². The van der Waals surface area contributed by atoms with Crippen LogP contribution in [0.3, 0.4) is 0 Å². The summed E-state index contributed by atoms with van der Waals surface area (Å²) in [7, 11) is 1.79. The number of benzene rings is 4. The number of H-pyrrole nitrogens is 1. The highest BCUT2D eigenvalue weighted by atomic mass is 16.6. The molecule has 13 heteroatoms. The molecule has 0 spiro atoms. The molecule has 282 valence electrons. The van der Waals surface area contributed by atoms with E-state index in [0.717, 1.165) is 29.6 Å². The number of nitriles is 1. The van der Waals surface area contributed by atoms with Gasteiger partial charge in [-0.3, -0.25) is 29.7 Å². The number of rotatable bonds is 9. The van der Waals surface area contributed by atoms with E-state index in [0.29, 0.717) is 77.6 Å². The lowest BCUT2D eigenvalue weighted by molar-refractivity contribution is -0.384. The first-order chi connectivity index (χ1) is 27.2. The van der Waals surface area contributed by atoms with Crippen LogP contribution in [-0.2, 0) is 31.3 Å². The lowest BCUT2D eigenvalue weighted by atomic mass is 9.92. The van der Waals surface area contributed by atoms with Crippen LogP contribution >= 0.6 is 0 Å². The van der Waals surface area contributed by atoms with Crippen LogP contribution in [0.1, 0.15) is 48.7 Å². The van der Waals surface area contributed by atoms with Gasteiger partial charge in [0.1, 0.15) is 0 Å². The van der Waals surface area contributed by atoms with Crippen LogP contribution in [0.2, 0.25) is 0 Å². The minimum absolute atomic E-state index is 0.108. The molecule has 0 saturated carbocycles. The van der Waals surface area contributed by atoms with Gasteiger partial charge in [-0.15, -0.1) is 0 Å². The van der Waals surface area contributed by atoms with Crippen molar-refractivity contribution < 1.29 is 19.2 Å². The Morgan fingerprint density at radius 2 is 1.77 bits per heavy atom. The molecule has 1 saturated heterocycles. The molecule has 2 amide bonds. The van der Waals surface area contributed by atoms with Crippen LogP contribution in [0.15, 0.2) is 97.2 Å². The molecule has 2 aromatic heterocycles. The van der Waals surface area contributed by atoms with Crippen LogP contribution in [-0.4, -0.2) is 80.2 Å². The van der Waals surface area contributed by atoms with Gasteiger partial charge in [0.15, 0.2) is 0 Å². The number of nitrogens with one attached hydrogen (secondary N) is 1. The largest absolute Gasteiger partial charge is 0.379 e. The van der Waals surface area contributed by atoms with Crippen molar-refractivity contribution in [3.05, 3.63) is 146 Å². The van der Waals surface area contributed by atoms with E-state index in [-0.39, 0.29) is 30.1 Å². The summed E-state index contributed by atoms with van der Waals surface area (Å²) >= 11 is 0. The summed E-state index contributed by atoms with van der Waals surface area (Å²) < 4.78 is 7.40. The van der Waals surface area contributed by atoms with Gasteiger partial charge in [0.25, 0.3) is 17.5 Å². The molecule has 2 aliphatic heterocycles. The number of nitro groups is 1. The van der Waals surface area contributed by atoms with Crippen molar-refractivity contribution in [3.8, 4) is 17.3 Å². The molecule has 6 aromatic rings. The first-order valence-corrected chi connectivity index (χ1v) is 18.6. The number of carbonyl (C=O) groups is 2. The molecule has 4 heterocycles. The zero-order chi connectivity index (χ0) is 38.9. The number of aromatic amines is 1. The van der Waals surface area contributed by atoms with E-state index in [1.807, 2.05) is 60.4 Å². The topological polar surface area (TPSA) is 154 Å². The quantitative estimate of drug-likeness (QED) is 0.132. The van der Waals surface area contributed by atoms with Gasteiger partial charge in [-0.05, 0) is 66.4 Å². The Labute approximate surface area is 323 Å². The number of nitro benzene ring substituents is 1. The fourth-order valence-electron chi connectivity index (χ4n) is 7.90. The third kappa shape index (κ3) is 6.92. The molecule has 8 rings (SSSR count). The smallest absolute Gasteiger partial charge is 0.270 e. The molecule has 4 aromatic carbocycles. The number of anilines is 1. The van der Waals surface area contributed by atoms with Crippen LogP contribution in [0.5, 0.6) is 0 Å². The van der Waals surface area contributed by atoms with Gasteiger partial charge >= 0.3 is 0 Å². The maximum Gasteiger partial charge on any atom is 0.270 e. The summed E-state index contributed by atoms with van der Waals surface area (Å²) in [6.07, 6.45) is 2.36. The number of non-ortho nitro benzene ring substituents is 1. The third-order valence-electron chi connectivity index (χ3n) is 11.1. The van der Waals surface area contributed by atoms with E-state index in [1.54, 1.807) is 40.9 Å². The third-order valence-corrected chi connectivity index (χ3v) is 11.1. The van der Waals surface area contributed by atoms with Gasteiger partial charge in [-0.2, -0.15) is 10.4 Å². The molecule has 2 aliphatic rings. The molecule has 1 N–H and O–H groups in total. The first-order valence-electron chi connectivity index (χ1n) is 18.6. The Morgan fingerprint density at radius 3 is 2.55 bits per heavy atom. The number of carbonyl (C=O) groups excluding carboxylic acids is 2. The summed E-state index contributed by atoms with van der Waals surface area (Å²) in [6.45, 7) is 5.82. The highest BCUT2D eigenvalue weighted by molar-refractivity contribution is 6.09. The summed E-state index contributed by atoms with van der Waals surface area (Å²) in [5.74, 6) is -0.575. The minimum atomic E-state index is -0.474. The highest BCUT2D eigenvalue weighted by Crippen LogP contribution is 2.35. The van der Waals surface area contributed by atoms with Crippen molar-refractivity contribution in [2.45, 2.75) is 32.5 Å². The maximum atomic E-state index is 14.9. The highest BCUT2D eigenvalue weighted by Gasteiger charge is 2.34. The second-order valence-electron chi connectivity index (χ2n) is 14.3. The van der Waals surface area contributed by atoms with Gasteiger partial charge in [0.05, 0.1) is 53.6 Å². The first kappa shape index (κ1) is 36.4. The second-order valence-corrected chi connectivity index (χ2v) is 14.3. The summed E-state index contributed by atoms with van der Waals surface area (Å²) in [5, 5.41) is 30.0. The number of hydrogen-bond donors (Lipinski definition) is 1. The summed E-state index contributed by atoms with van der Waals surface area (Å²) in [4.78, 5) is 47.3. The van der Waals surface area contributed by atoms with Crippen molar-refractivity contribution in [1.82, 2.24) is 24.6 Å². The zero-order valence-electron chi connectivity index (χ0n) is 31.1.